The molecule has 0 aromatic rings. The average molecular weight is 548 g/mol. The number of nitrogens with two attached hydrogens (primary N) is 4. The summed E-state index contributed by atoms with van der Waals surface area (Å²) in [7, 11) is 0. The third-order valence-corrected chi connectivity index (χ3v) is 0. The summed E-state index contributed by atoms with van der Waals surface area (Å²) < 4.78 is 0. The van der Waals surface area contributed by atoms with Crippen LogP contribution >= 0.6 is 0 Å². The Morgan fingerprint density at radius 1 is 0.364 bits per heavy atom. The van der Waals surface area contributed by atoms with Gasteiger partial charge in [-0.05, 0) is 0 Å². The van der Waals surface area contributed by atoms with E-state index in [-0.39, 0.29) is 135 Å². The van der Waals surface area contributed by atoms with Gasteiger partial charge >= 0.3 is 39.0 Å². The van der Waals surface area contributed by atoms with Crippen LogP contribution in [0.15, 0.2) is 0 Å². The van der Waals surface area contributed by atoms with Gasteiger partial charge in [0, 0.05) is 39.0 Å². The van der Waals surface area contributed by atoms with E-state index in [2.05, 4.69) is 41.5 Å². The van der Waals surface area contributed by atoms with Crippen molar-refractivity contribution in [1.29, 1.82) is 0 Å². The standard InChI is InChI=1S/2C4H9.4H2N.6H2O.4Zn/c2*1-4(2)3;;;;;;;;;;;;;;/h2*1-3H3;10*1H2;;;;/q6*-1;;;;;;;;;2*+2. The predicted molar refractivity (Wildman–Crippen MR) is 83.4 cm³/mol. The molecule has 0 aromatic heterocycles. The molecule has 0 radical (unpaired) electrons. The molecule has 136 valence electrons. The van der Waals surface area contributed by atoms with Gasteiger partial charge in [-0.15, -0.1) is 0 Å². The van der Waals surface area contributed by atoms with E-state index >= 15 is 0 Å². The maximum Gasteiger partial charge on any atom is 2.00 e. The average Bonchev–Trinajstić information content (AvgIpc) is 1.25. The van der Waals surface area contributed by atoms with Crippen LogP contribution in [0.1, 0.15) is 41.5 Å². The van der Waals surface area contributed by atoms with Crippen molar-refractivity contribution in [3.63, 3.8) is 0 Å². The van der Waals surface area contributed by atoms with Crippen molar-refractivity contribution < 1.29 is 111 Å². The topological polar surface area (TPSA) is 323 Å². The van der Waals surface area contributed by atoms with Gasteiger partial charge in [-0.1, -0.05) is 0 Å². The largest absolute Gasteiger partial charge is 2.00 e. The SMILES string of the molecule is C[C-](C)C.C[C-](C)C.O.O.O.O.O.O.[NH2-].[NH2-].[NH2-].[NH2-].[Zn+2].[Zn+2].[Zn].[Zn]. The first kappa shape index (κ1) is 196. The molecule has 14 heteroatoms. The summed E-state index contributed by atoms with van der Waals surface area (Å²) in [6, 6.07) is 0. The van der Waals surface area contributed by atoms with E-state index in [0.717, 1.165) is 0 Å². The maximum atomic E-state index is 2.08. The zero-order valence-electron chi connectivity index (χ0n) is 15.1. The Morgan fingerprint density at radius 2 is 0.364 bits per heavy atom. The van der Waals surface area contributed by atoms with E-state index < -0.39 is 0 Å². The second-order valence-electron chi connectivity index (χ2n) is 3.00. The molecule has 0 unspecified atom stereocenters. The molecule has 0 spiro atoms. The van der Waals surface area contributed by atoms with Gasteiger partial charge in [0.1, 0.15) is 0 Å². The van der Waals surface area contributed by atoms with E-state index in [1.807, 2.05) is 0 Å². The molecule has 0 amide bonds. The van der Waals surface area contributed by atoms with Crippen LogP contribution in [0, 0.1) is 11.8 Å². The molecule has 0 aromatic carbocycles. The Kier molecular flexibility index (Phi) is 1530. The fraction of sp³-hybridized carbons (Fsp3) is 0.750. The van der Waals surface area contributed by atoms with Crippen molar-refractivity contribution in [2.45, 2.75) is 41.5 Å². The molecule has 0 saturated heterocycles. The minimum absolute atomic E-state index is 0. The Morgan fingerprint density at radius 3 is 0.364 bits per heavy atom. The second kappa shape index (κ2) is 172. The first-order valence-electron chi connectivity index (χ1n) is 3.00. The molecule has 20 N–H and O–H groups in total. The van der Waals surface area contributed by atoms with E-state index in [0.29, 0.717) is 0 Å². The normalized spacial score (nSPS) is 3.27. The van der Waals surface area contributed by atoms with Gasteiger partial charge < -0.3 is 69.3 Å². The molecule has 0 fully saturated rings. The fourth-order valence-electron chi connectivity index (χ4n) is 0. The summed E-state index contributed by atoms with van der Waals surface area (Å²) in [6.07, 6.45) is 0. The third kappa shape index (κ3) is 2240. The van der Waals surface area contributed by atoms with Crippen molar-refractivity contribution >= 4 is 0 Å². The van der Waals surface area contributed by atoms with Crippen molar-refractivity contribution in [2.24, 2.45) is 0 Å². The summed E-state index contributed by atoms with van der Waals surface area (Å²) in [5.41, 5.74) is 0. The van der Waals surface area contributed by atoms with Crippen LogP contribution < -0.4 is 0 Å². The summed E-state index contributed by atoms with van der Waals surface area (Å²) in [4.78, 5) is 0. The molecule has 0 saturated carbocycles. The summed E-state index contributed by atoms with van der Waals surface area (Å²) in [6.45, 7) is 12.5. The zero-order chi connectivity index (χ0) is 7.15. The van der Waals surface area contributed by atoms with Crippen molar-refractivity contribution in [3.05, 3.63) is 36.4 Å². The summed E-state index contributed by atoms with van der Waals surface area (Å²) in [5.74, 6) is 2.83. The molecule has 0 aliphatic heterocycles. The van der Waals surface area contributed by atoms with Crippen LogP contribution in [-0.2, 0) is 77.9 Å². The molecular formula is C8H38N4O6Zn4-2. The van der Waals surface area contributed by atoms with Crippen LogP contribution in [0.2, 0.25) is 0 Å². The van der Waals surface area contributed by atoms with Crippen molar-refractivity contribution in [3.8, 4) is 0 Å². The van der Waals surface area contributed by atoms with E-state index in [1.54, 1.807) is 0 Å². The Hall–Kier alpha value is 2.09. The summed E-state index contributed by atoms with van der Waals surface area (Å²) >= 11 is 0. The third-order valence-electron chi connectivity index (χ3n) is 0. The Labute approximate surface area is 187 Å². The number of hydrogen-bond donors (Lipinski definition) is 0. The van der Waals surface area contributed by atoms with Gasteiger partial charge in [-0.2, -0.15) is 41.5 Å². The fourth-order valence-corrected chi connectivity index (χ4v) is 0. The van der Waals surface area contributed by atoms with Crippen molar-refractivity contribution in [1.82, 2.24) is 0 Å². The van der Waals surface area contributed by atoms with Crippen LogP contribution in [0.4, 0.5) is 0 Å². The summed E-state index contributed by atoms with van der Waals surface area (Å²) in [5, 5.41) is 0. The van der Waals surface area contributed by atoms with Gasteiger partial charge in [-0.25, -0.2) is 0 Å². The van der Waals surface area contributed by atoms with Crippen LogP contribution in [-0.4, -0.2) is 32.9 Å². The Balaban J connectivity index is -0.00000000143. The maximum absolute atomic E-state index is 2.08. The van der Waals surface area contributed by atoms with Crippen LogP contribution in [0.3, 0.4) is 0 Å². The molecule has 10 nitrogen and oxygen atoms in total. The van der Waals surface area contributed by atoms with Crippen molar-refractivity contribution in [2.75, 3.05) is 0 Å². The molecule has 0 atom stereocenters. The van der Waals surface area contributed by atoms with Gasteiger partial charge in [0.15, 0.2) is 0 Å². The van der Waals surface area contributed by atoms with Gasteiger partial charge in [0.05, 0.1) is 0 Å². The van der Waals surface area contributed by atoms with Gasteiger partial charge in [0.2, 0.25) is 0 Å². The molecular weight excluding hydrogens is 510 g/mol. The quantitative estimate of drug-likeness (QED) is 0.304. The molecule has 0 heterocycles. The van der Waals surface area contributed by atoms with E-state index in [1.165, 1.54) is 11.8 Å². The second-order valence-corrected chi connectivity index (χ2v) is 3.00. The minimum atomic E-state index is 0. The van der Waals surface area contributed by atoms with Gasteiger partial charge in [0.25, 0.3) is 0 Å². The molecule has 22 heavy (non-hydrogen) atoms. The monoisotopic (exact) mass is 542 g/mol. The molecule has 0 aliphatic carbocycles. The van der Waals surface area contributed by atoms with Crippen LogP contribution in [0.5, 0.6) is 0 Å². The van der Waals surface area contributed by atoms with Gasteiger partial charge in [-0.3, -0.25) is 0 Å². The molecule has 0 rings (SSSR count). The Bertz CT molecular complexity index is 58.1. The zero-order valence-corrected chi connectivity index (χ0v) is 27.0. The number of hydrogen-bond acceptors (Lipinski definition) is 0. The minimum Gasteiger partial charge on any atom is -0.693 e. The number of rotatable bonds is 0. The predicted octanol–water partition coefficient (Wildman–Crippen LogP) is 1.15. The van der Waals surface area contributed by atoms with E-state index in [9.17, 15) is 0 Å². The van der Waals surface area contributed by atoms with E-state index in [4.69, 9.17) is 0 Å². The molecule has 0 bridgehead atoms. The smallest absolute Gasteiger partial charge is 0.693 e. The first-order chi connectivity index (χ1) is 3.46. The van der Waals surface area contributed by atoms with Crippen LogP contribution in [0.25, 0.3) is 24.6 Å². The first-order valence-corrected chi connectivity index (χ1v) is 3.00. The molecule has 0 aliphatic rings.